The number of anilines is 1. The predicted molar refractivity (Wildman–Crippen MR) is 305 cm³/mol. The third-order valence-electron chi connectivity index (χ3n) is 15.5. The third kappa shape index (κ3) is 12.7. The number of nitrogens with zero attached hydrogens (tertiary/aromatic N) is 2. The third-order valence-corrected chi connectivity index (χ3v) is 15.5. The lowest BCUT2D eigenvalue weighted by Crippen LogP contribution is -2.34. The number of ether oxygens (including phenoxy) is 4. The maximum atomic E-state index is 14.1. The number of ketones is 2. The summed E-state index contributed by atoms with van der Waals surface area (Å²) in [5, 5.41) is 2.90. The van der Waals surface area contributed by atoms with Gasteiger partial charge in [0.15, 0.2) is 34.6 Å². The number of carbonyl (C=O) groups excluding carboxylic acids is 4. The Labute approximate surface area is 452 Å². The summed E-state index contributed by atoms with van der Waals surface area (Å²) >= 11 is 0. The van der Waals surface area contributed by atoms with E-state index in [4.69, 9.17) is 29.7 Å². The SMILES string of the molecule is CC=C1CCC(Cc2ccc(C3=CC=C4CC(=O)c5cc(OC)c(OCCCOc6cc7c(cc6OC)C(=O)N6C=C(c8ccc(NC(=O)[C@H](C)/C=C/C(=O)[C@@H](N)C(C)C)cc8)C[C@H]6C=N7)cc5C=C=C[C@@H]4C3)cc2)CC1. The van der Waals surface area contributed by atoms with E-state index in [1.807, 2.05) is 56.5 Å². The van der Waals surface area contributed by atoms with Gasteiger partial charge in [0.25, 0.3) is 5.91 Å². The molecule has 2 aliphatic heterocycles. The highest BCUT2D eigenvalue weighted by atomic mass is 16.5. The second-order valence-corrected chi connectivity index (χ2v) is 21.1. The number of carbonyl (C=O) groups is 4. The first kappa shape index (κ1) is 54.0. The molecule has 5 aliphatic rings. The van der Waals surface area contributed by atoms with Gasteiger partial charge in [-0.15, -0.1) is 5.73 Å². The van der Waals surface area contributed by atoms with Crippen molar-refractivity contribution >= 4 is 58.2 Å². The first-order valence-corrected chi connectivity index (χ1v) is 27.0. The molecule has 1 fully saturated rings. The van der Waals surface area contributed by atoms with Gasteiger partial charge in [-0.1, -0.05) is 92.6 Å². The van der Waals surface area contributed by atoms with E-state index in [0.29, 0.717) is 76.9 Å². The van der Waals surface area contributed by atoms with Crippen LogP contribution in [0.25, 0.3) is 17.2 Å². The number of amides is 2. The number of nitrogens with one attached hydrogen (secondary N) is 1. The molecule has 0 spiro atoms. The van der Waals surface area contributed by atoms with Crippen LogP contribution in [0.1, 0.15) is 122 Å². The molecule has 12 heteroatoms. The van der Waals surface area contributed by atoms with E-state index < -0.39 is 12.0 Å². The molecule has 2 heterocycles. The molecule has 9 rings (SSSR count). The largest absolute Gasteiger partial charge is 0.493 e. The number of Topliss-reactive ketones (excluding diaryl/α,β-unsaturated/α-hetero) is 1. The Morgan fingerprint density at radius 1 is 0.844 bits per heavy atom. The number of fused-ring (bicyclic) bond motifs is 4. The summed E-state index contributed by atoms with van der Waals surface area (Å²) in [4.78, 5) is 59.6. The molecule has 1 saturated carbocycles. The molecule has 4 aromatic carbocycles. The fourth-order valence-corrected chi connectivity index (χ4v) is 10.6. The number of hydrogen-bond acceptors (Lipinski definition) is 10. The maximum Gasteiger partial charge on any atom is 0.260 e. The van der Waals surface area contributed by atoms with Gasteiger partial charge in [-0.05, 0) is 139 Å². The van der Waals surface area contributed by atoms with E-state index in [9.17, 15) is 19.2 Å². The van der Waals surface area contributed by atoms with Crippen LogP contribution in [0.2, 0.25) is 0 Å². The number of allylic oxidation sites excluding steroid dienone is 7. The van der Waals surface area contributed by atoms with Crippen molar-refractivity contribution in [3.63, 3.8) is 0 Å². The van der Waals surface area contributed by atoms with Crippen molar-refractivity contribution in [2.75, 3.05) is 32.8 Å². The average molecular weight is 1040 g/mol. The van der Waals surface area contributed by atoms with Crippen LogP contribution >= 0.6 is 0 Å². The highest BCUT2D eigenvalue weighted by molar-refractivity contribution is 6.06. The second-order valence-electron chi connectivity index (χ2n) is 21.1. The molecule has 0 unspecified atom stereocenters. The van der Waals surface area contributed by atoms with Crippen LogP contribution in [-0.4, -0.2) is 74.0 Å². The molecular weight excluding hydrogens is 965 g/mol. The van der Waals surface area contributed by atoms with Crippen LogP contribution < -0.4 is 30.0 Å². The number of nitrogens with two attached hydrogens (primary N) is 1. The monoisotopic (exact) mass is 1030 g/mol. The Morgan fingerprint density at radius 3 is 2.21 bits per heavy atom. The van der Waals surface area contributed by atoms with E-state index >= 15 is 0 Å². The second kappa shape index (κ2) is 24.5. The van der Waals surface area contributed by atoms with E-state index in [1.165, 1.54) is 55.6 Å². The summed E-state index contributed by atoms with van der Waals surface area (Å²) in [7, 11) is 3.10. The zero-order valence-electron chi connectivity index (χ0n) is 45.1. The summed E-state index contributed by atoms with van der Waals surface area (Å²) in [5.41, 5.74) is 20.5. The lowest BCUT2D eigenvalue weighted by atomic mass is 9.81. The van der Waals surface area contributed by atoms with Crippen molar-refractivity contribution in [2.24, 2.45) is 34.4 Å². The molecular formula is C65H70N4O8. The van der Waals surface area contributed by atoms with Gasteiger partial charge in [0.05, 0.1) is 56.7 Å². The molecule has 4 atom stereocenters. The van der Waals surface area contributed by atoms with Crippen LogP contribution in [0, 0.1) is 23.7 Å². The molecule has 0 bridgehead atoms. The Morgan fingerprint density at radius 2 is 1.52 bits per heavy atom. The summed E-state index contributed by atoms with van der Waals surface area (Å²) in [6.07, 6.45) is 25.4. The van der Waals surface area contributed by atoms with Crippen LogP contribution in [0.3, 0.4) is 0 Å². The molecule has 12 nitrogen and oxygen atoms in total. The van der Waals surface area contributed by atoms with Crippen molar-refractivity contribution in [3.8, 4) is 23.0 Å². The van der Waals surface area contributed by atoms with Crippen molar-refractivity contribution in [3.05, 3.63) is 166 Å². The maximum absolute atomic E-state index is 14.1. The molecule has 0 aromatic heterocycles. The smallest absolute Gasteiger partial charge is 0.260 e. The zero-order chi connectivity index (χ0) is 54.2. The van der Waals surface area contributed by atoms with E-state index in [-0.39, 0.29) is 47.9 Å². The predicted octanol–water partition coefficient (Wildman–Crippen LogP) is 12.7. The lowest BCUT2D eigenvalue weighted by molar-refractivity contribution is -0.118. The van der Waals surface area contributed by atoms with Crippen molar-refractivity contribution in [1.82, 2.24) is 4.90 Å². The fourth-order valence-electron chi connectivity index (χ4n) is 10.6. The zero-order valence-corrected chi connectivity index (χ0v) is 45.1. The Kier molecular flexibility index (Phi) is 17.2. The van der Waals surface area contributed by atoms with Gasteiger partial charge >= 0.3 is 0 Å². The molecule has 3 aliphatic carbocycles. The van der Waals surface area contributed by atoms with Gasteiger partial charge in [-0.3, -0.25) is 24.2 Å². The van der Waals surface area contributed by atoms with Gasteiger partial charge in [-0.25, -0.2) is 0 Å². The highest BCUT2D eigenvalue weighted by Gasteiger charge is 2.34. The fraction of sp³-hybridized carbons (Fsp3) is 0.354. The van der Waals surface area contributed by atoms with Gasteiger partial charge in [0.1, 0.15) is 0 Å². The van der Waals surface area contributed by atoms with E-state index in [2.05, 4.69) is 66.5 Å². The van der Waals surface area contributed by atoms with Crippen molar-refractivity contribution in [2.45, 2.75) is 97.6 Å². The molecule has 4 aromatic rings. The minimum atomic E-state index is -0.609. The number of hydrogen-bond donors (Lipinski definition) is 2. The average Bonchev–Trinajstić information content (AvgIpc) is 3.88. The number of aliphatic imine (C=N–C) groups is 1. The standard InChI is InChI=1S/C65H70N4O8/c1-7-42-13-15-43(16-14-42)30-44-17-19-45(20-18-44)48-21-22-49-33-58(71)54-35-59(74-5)61(34-50(54)11-8-10-47(49)31-48)76-28-9-29-77-62-37-56-55(36-60(62)75-6)65(73)69-39-51(32-53(69)38-67-56)46-23-25-52(26-24-46)68-64(72)41(4)12-27-57(70)63(66)40(2)3/h7,10-12,17-27,34-41,43,47,53,63H,9,13-16,28-33,66H2,1-6H3,(H,68,72)/b27-12+,42-7?/t8?,41-,43?,47-,53+,63+/m1/s1. The topological polar surface area (TPSA) is 159 Å². The Bertz CT molecular complexity index is 3160. The van der Waals surface area contributed by atoms with Crippen LogP contribution in [0.15, 0.2) is 137 Å². The Balaban J connectivity index is 0.783. The quantitative estimate of drug-likeness (QED) is 0.0428. The summed E-state index contributed by atoms with van der Waals surface area (Å²) < 4.78 is 24.0. The summed E-state index contributed by atoms with van der Waals surface area (Å²) in [6, 6.07) is 22.6. The first-order valence-electron chi connectivity index (χ1n) is 27.0. The molecule has 398 valence electrons. The first-order chi connectivity index (χ1) is 37.3. The minimum absolute atomic E-state index is 0.00151. The summed E-state index contributed by atoms with van der Waals surface area (Å²) in [5.74, 6) is 1.44. The van der Waals surface area contributed by atoms with E-state index in [1.54, 1.807) is 55.0 Å². The lowest BCUT2D eigenvalue weighted by Gasteiger charge is -2.24. The molecule has 0 saturated heterocycles. The van der Waals surface area contributed by atoms with E-state index in [0.717, 1.165) is 35.5 Å². The number of rotatable bonds is 18. The molecule has 0 radical (unpaired) electrons. The minimum Gasteiger partial charge on any atom is -0.493 e. The van der Waals surface area contributed by atoms with Gasteiger partial charge in [0.2, 0.25) is 5.91 Å². The van der Waals surface area contributed by atoms with Gasteiger partial charge < -0.3 is 34.9 Å². The van der Waals surface area contributed by atoms with Crippen LogP contribution in [-0.2, 0) is 16.0 Å². The molecule has 77 heavy (non-hydrogen) atoms. The number of benzene rings is 4. The molecule has 2 amide bonds. The van der Waals surface area contributed by atoms with Crippen molar-refractivity contribution in [1.29, 1.82) is 0 Å². The Hall–Kier alpha value is -7.79. The van der Waals surface area contributed by atoms with Gasteiger partial charge in [0, 0.05) is 54.9 Å². The normalized spacial score (nSPS) is 19.5. The van der Waals surface area contributed by atoms with Gasteiger partial charge in [-0.2, -0.15) is 0 Å². The molecule has 3 N–H and O–H groups in total. The van der Waals surface area contributed by atoms with Crippen molar-refractivity contribution < 1.29 is 38.1 Å². The number of methoxy groups -OCH3 is 2. The van der Waals surface area contributed by atoms with Crippen LogP contribution in [0.4, 0.5) is 11.4 Å². The highest BCUT2D eigenvalue weighted by Crippen LogP contribution is 2.42. The van der Waals surface area contributed by atoms with Crippen LogP contribution in [0.5, 0.6) is 23.0 Å². The summed E-state index contributed by atoms with van der Waals surface area (Å²) in [6.45, 7) is 8.22.